The number of aliphatic imine (C=N–C) groups is 1. The van der Waals surface area contributed by atoms with Gasteiger partial charge in [-0.1, -0.05) is 85.4 Å². The van der Waals surface area contributed by atoms with Crippen LogP contribution in [0.1, 0.15) is 103 Å². The van der Waals surface area contributed by atoms with E-state index < -0.39 is 30.3 Å². The average Bonchev–Trinajstić information content (AvgIpc) is 3.98. The number of nitrogens with two attached hydrogens (primary N) is 1. The molecule has 0 saturated carbocycles. The molecule has 0 radical (unpaired) electrons. The minimum absolute atomic E-state index is 0.125. The van der Waals surface area contributed by atoms with Crippen molar-refractivity contribution in [1.82, 2.24) is 30.4 Å². The van der Waals surface area contributed by atoms with Crippen LogP contribution in [0.15, 0.2) is 53.8 Å². The van der Waals surface area contributed by atoms with Gasteiger partial charge in [0, 0.05) is 18.7 Å². The van der Waals surface area contributed by atoms with E-state index in [1.807, 2.05) is 39.8 Å². The first kappa shape index (κ1) is 44.7. The molecule has 2 aliphatic rings. The maximum atomic E-state index is 13.8. The number of imidazole rings is 1. The number of nitrogens with one attached hydrogen (secondary N) is 3. The summed E-state index contributed by atoms with van der Waals surface area (Å²) < 4.78 is 9.52. The Morgan fingerprint density at radius 1 is 0.966 bits per heavy atom. The van der Waals surface area contributed by atoms with E-state index in [1.165, 1.54) is 14.2 Å². The number of alkyl carbamates (subject to hydrolysis) is 2. The summed E-state index contributed by atoms with van der Waals surface area (Å²) in [5.74, 6) is 11.9. The van der Waals surface area contributed by atoms with E-state index in [9.17, 15) is 19.2 Å². The summed E-state index contributed by atoms with van der Waals surface area (Å²) in [5, 5.41) is 5.33. The van der Waals surface area contributed by atoms with Crippen LogP contribution in [0.25, 0.3) is 5.57 Å². The van der Waals surface area contributed by atoms with E-state index in [2.05, 4.69) is 83.8 Å². The van der Waals surface area contributed by atoms with Crippen molar-refractivity contribution < 1.29 is 28.7 Å². The second-order valence-corrected chi connectivity index (χ2v) is 16.1. The molecular weight excluding hydrogens is 737 g/mol. The Balaban J connectivity index is 1.69. The Labute approximate surface area is 342 Å². The van der Waals surface area contributed by atoms with E-state index in [4.69, 9.17) is 20.2 Å². The fourth-order valence-corrected chi connectivity index (χ4v) is 7.03. The Kier molecular flexibility index (Phi) is 15.3. The lowest BCUT2D eigenvalue weighted by Crippen LogP contribution is -2.54. The van der Waals surface area contributed by atoms with Crippen molar-refractivity contribution in [3.8, 4) is 23.7 Å². The lowest BCUT2D eigenvalue weighted by Gasteiger charge is -2.30. The SMILES string of the molecule is C=C/C(=C(C#CC#Cc1cnc([C@@H]2CCCN2C(=O)[C@@H](NC(=O)OC)C(C)C)[nH]1)\N=C(/N)[C@@H]1CCCN1C(=O)[C@@H](NC(=O)OC)C(C)C)c1cccc(C(C)(C)C)c1. The van der Waals surface area contributed by atoms with Crippen molar-refractivity contribution in [2.24, 2.45) is 22.6 Å². The van der Waals surface area contributed by atoms with Gasteiger partial charge < -0.3 is 40.6 Å². The summed E-state index contributed by atoms with van der Waals surface area (Å²) >= 11 is 0. The smallest absolute Gasteiger partial charge is 0.407 e. The zero-order valence-electron chi connectivity index (χ0n) is 35.2. The lowest BCUT2D eigenvalue weighted by atomic mass is 9.85. The Bertz CT molecular complexity index is 2040. The highest BCUT2D eigenvalue weighted by Crippen LogP contribution is 2.32. The number of ether oxygens (including phenoxy) is 2. The van der Waals surface area contributed by atoms with Gasteiger partial charge in [0.15, 0.2) is 0 Å². The monoisotopic (exact) mass is 794 g/mol. The van der Waals surface area contributed by atoms with Crippen molar-refractivity contribution in [3.63, 3.8) is 0 Å². The second-order valence-electron chi connectivity index (χ2n) is 16.1. The van der Waals surface area contributed by atoms with E-state index in [0.717, 1.165) is 17.5 Å². The third-order valence-corrected chi connectivity index (χ3v) is 10.3. The maximum absolute atomic E-state index is 13.8. The second kappa shape index (κ2) is 19.9. The van der Waals surface area contributed by atoms with Crippen molar-refractivity contribution in [1.29, 1.82) is 0 Å². The predicted molar refractivity (Wildman–Crippen MR) is 224 cm³/mol. The van der Waals surface area contributed by atoms with Crippen LogP contribution in [-0.4, -0.2) is 95.0 Å². The molecule has 5 N–H and O–H groups in total. The minimum atomic E-state index is -0.810. The molecular formula is C44H58N8O6. The van der Waals surface area contributed by atoms with Gasteiger partial charge in [0.2, 0.25) is 11.8 Å². The van der Waals surface area contributed by atoms with Crippen molar-refractivity contribution in [2.45, 2.75) is 104 Å². The van der Waals surface area contributed by atoms with Crippen molar-refractivity contribution in [3.05, 3.63) is 71.5 Å². The van der Waals surface area contributed by atoms with E-state index in [1.54, 1.807) is 22.1 Å². The van der Waals surface area contributed by atoms with Crippen LogP contribution in [-0.2, 0) is 24.5 Å². The van der Waals surface area contributed by atoms with Gasteiger partial charge in [-0.3, -0.25) is 9.59 Å². The number of H-pyrrole nitrogens is 1. The Morgan fingerprint density at radius 3 is 2.16 bits per heavy atom. The molecule has 0 aliphatic carbocycles. The van der Waals surface area contributed by atoms with Crippen LogP contribution >= 0.6 is 0 Å². The first-order valence-electron chi connectivity index (χ1n) is 19.7. The van der Waals surface area contributed by atoms with E-state index in [-0.39, 0.29) is 40.9 Å². The summed E-state index contributed by atoms with van der Waals surface area (Å²) in [6.45, 7) is 18.9. The molecule has 2 fully saturated rings. The molecule has 2 aromatic rings. The van der Waals surface area contributed by atoms with Gasteiger partial charge >= 0.3 is 12.2 Å². The molecule has 1 aromatic heterocycles. The topological polar surface area (TPSA) is 184 Å². The van der Waals surface area contributed by atoms with Gasteiger partial charge in [-0.2, -0.15) is 0 Å². The van der Waals surface area contributed by atoms with Crippen LogP contribution in [0.2, 0.25) is 0 Å². The zero-order chi connectivity index (χ0) is 42.7. The molecule has 0 spiro atoms. The fraction of sp³-hybridized carbons (Fsp3) is 0.500. The molecule has 310 valence electrons. The van der Waals surface area contributed by atoms with Crippen LogP contribution in [0.5, 0.6) is 0 Å². The van der Waals surface area contributed by atoms with Gasteiger partial charge in [-0.05, 0) is 77.7 Å². The molecule has 2 aliphatic heterocycles. The molecule has 0 bridgehead atoms. The molecule has 58 heavy (non-hydrogen) atoms. The summed E-state index contributed by atoms with van der Waals surface area (Å²) in [5.41, 5.74) is 10.0. The van der Waals surface area contributed by atoms with Gasteiger partial charge in [-0.15, -0.1) is 0 Å². The van der Waals surface area contributed by atoms with Crippen LogP contribution in [0.4, 0.5) is 9.59 Å². The molecule has 2 saturated heterocycles. The number of allylic oxidation sites excluding steroid dienone is 3. The number of nitrogens with zero attached hydrogens (tertiary/aromatic N) is 4. The molecule has 1 aromatic carbocycles. The number of amides is 4. The Hall–Kier alpha value is -6.02. The number of rotatable bonds is 11. The standard InChI is InChI=1S/C44H58N8O6/c1-11-32(29-17-14-18-30(25-29)44(6,7)8)33(48-38(45)34-21-15-23-51(34)40(53)36(27(2)3)49-42(55)57-9)20-13-12-19-31-26-46-39(47-31)35-22-16-24-52(35)41(54)37(28(4)5)50-43(56)58-10/h11,14,17-18,25-28,34-37H,1,15-16,21-24H2,2-10H3,(H2,45,48)(H,46,47)(H,49,55)(H,50,56)/b33-32+/t34-,35-,36-,37-/m0/s1. The lowest BCUT2D eigenvalue weighted by molar-refractivity contribution is -0.135. The van der Waals surface area contributed by atoms with Crippen LogP contribution in [0.3, 0.4) is 0 Å². The number of aromatic nitrogens is 2. The number of benzene rings is 1. The van der Waals surface area contributed by atoms with Gasteiger partial charge in [0.25, 0.3) is 0 Å². The summed E-state index contributed by atoms with van der Waals surface area (Å²) in [6.07, 6.45) is 4.70. The number of likely N-dealkylation sites (tertiary alicyclic amines) is 2. The number of amidine groups is 1. The normalized spacial score (nSPS) is 18.3. The number of carbonyl (C=O) groups is 4. The largest absolute Gasteiger partial charge is 0.453 e. The van der Waals surface area contributed by atoms with Gasteiger partial charge in [0.1, 0.15) is 35.1 Å². The highest BCUT2D eigenvalue weighted by molar-refractivity contribution is 5.95. The van der Waals surface area contributed by atoms with Crippen molar-refractivity contribution >= 4 is 35.4 Å². The quantitative estimate of drug-likeness (QED) is 0.100. The highest BCUT2D eigenvalue weighted by Gasteiger charge is 2.39. The highest BCUT2D eigenvalue weighted by atomic mass is 16.5. The average molecular weight is 795 g/mol. The number of hydrogen-bond acceptors (Lipinski definition) is 8. The fourth-order valence-electron chi connectivity index (χ4n) is 7.03. The zero-order valence-corrected chi connectivity index (χ0v) is 35.2. The summed E-state index contributed by atoms with van der Waals surface area (Å²) in [7, 11) is 2.52. The number of methoxy groups -OCH3 is 2. The number of hydrogen-bond donors (Lipinski definition) is 4. The number of carbonyl (C=O) groups excluding carboxylic acids is 4. The van der Waals surface area contributed by atoms with Crippen LogP contribution in [0, 0.1) is 35.5 Å². The first-order chi connectivity index (χ1) is 27.5. The molecule has 0 unspecified atom stereocenters. The van der Waals surface area contributed by atoms with E-state index >= 15 is 0 Å². The van der Waals surface area contributed by atoms with Gasteiger partial charge in [-0.25, -0.2) is 19.6 Å². The molecule has 4 rings (SSSR count). The van der Waals surface area contributed by atoms with E-state index in [0.29, 0.717) is 55.1 Å². The molecule has 14 nitrogen and oxygen atoms in total. The molecule has 14 heteroatoms. The molecule has 3 heterocycles. The molecule has 4 atom stereocenters. The Morgan fingerprint density at radius 2 is 1.57 bits per heavy atom. The minimum Gasteiger partial charge on any atom is -0.453 e. The van der Waals surface area contributed by atoms with Crippen molar-refractivity contribution in [2.75, 3.05) is 27.3 Å². The van der Waals surface area contributed by atoms with Gasteiger partial charge in [0.05, 0.1) is 32.5 Å². The number of aromatic amines is 1. The maximum Gasteiger partial charge on any atom is 0.407 e. The summed E-state index contributed by atoms with van der Waals surface area (Å²) in [6, 6.07) is 5.68. The third-order valence-electron chi connectivity index (χ3n) is 10.3. The summed E-state index contributed by atoms with van der Waals surface area (Å²) in [4.78, 5) is 67.5. The third kappa shape index (κ3) is 11.1. The first-order valence-corrected chi connectivity index (χ1v) is 19.7. The van der Waals surface area contributed by atoms with Crippen LogP contribution < -0.4 is 16.4 Å². The molecule has 4 amide bonds. The predicted octanol–water partition coefficient (Wildman–Crippen LogP) is 5.43.